The van der Waals surface area contributed by atoms with Gasteiger partial charge in [0.2, 0.25) is 0 Å². The molecule has 1 aliphatic heterocycles. The molecule has 3 aliphatic rings. The summed E-state index contributed by atoms with van der Waals surface area (Å²) in [6.45, 7) is 0. The normalized spacial score (nSPS) is 24.2. The fraction of sp³-hybridized carbons (Fsp3) is 0.565. The molecule has 162 valence electrons. The fourth-order valence-corrected chi connectivity index (χ4v) is 6.78. The molecular formula is C23H28BrClN2O2S. The van der Waals surface area contributed by atoms with Gasteiger partial charge in [0, 0.05) is 6.04 Å². The van der Waals surface area contributed by atoms with Gasteiger partial charge >= 0.3 is 0 Å². The van der Waals surface area contributed by atoms with Crippen LogP contribution in [0.1, 0.15) is 69.8 Å². The Kier molecular flexibility index (Phi) is 7.48. The predicted molar refractivity (Wildman–Crippen MR) is 129 cm³/mol. The third kappa shape index (κ3) is 4.91. The smallest absolute Gasteiger partial charge is 0.266 e. The first-order chi connectivity index (χ1) is 14.6. The summed E-state index contributed by atoms with van der Waals surface area (Å²) in [5.74, 6) is 0.692. The molecule has 1 aromatic rings. The van der Waals surface area contributed by atoms with Gasteiger partial charge in [-0.2, -0.15) is 0 Å². The first kappa shape index (κ1) is 22.2. The van der Waals surface area contributed by atoms with Gasteiger partial charge in [-0.1, -0.05) is 50.1 Å². The number of carbonyl (C=O) groups excluding carboxylic acids is 1. The maximum Gasteiger partial charge on any atom is 0.266 e. The first-order valence-corrected chi connectivity index (χ1v) is 12.9. The lowest BCUT2D eigenvalue weighted by molar-refractivity contribution is -0.124. The van der Waals surface area contributed by atoms with Crippen LogP contribution in [0.5, 0.6) is 5.75 Å². The molecule has 1 heterocycles. The number of hydrogen-bond donors (Lipinski definition) is 0. The lowest BCUT2D eigenvalue weighted by Crippen LogP contribution is -2.41. The Morgan fingerprint density at radius 2 is 1.80 bits per heavy atom. The number of aliphatic imine (C=N–C) groups is 1. The molecule has 0 radical (unpaired) electrons. The number of amides is 1. The van der Waals surface area contributed by atoms with Crippen LogP contribution in [0, 0.1) is 0 Å². The van der Waals surface area contributed by atoms with Crippen LogP contribution in [0.3, 0.4) is 0 Å². The molecule has 4 rings (SSSR count). The van der Waals surface area contributed by atoms with Gasteiger partial charge in [0.05, 0.1) is 27.6 Å². The molecule has 1 saturated heterocycles. The van der Waals surface area contributed by atoms with Crippen molar-refractivity contribution in [2.24, 2.45) is 4.99 Å². The van der Waals surface area contributed by atoms with E-state index in [1.807, 2.05) is 23.1 Å². The molecule has 4 nitrogen and oxygen atoms in total. The summed E-state index contributed by atoms with van der Waals surface area (Å²) >= 11 is 11.4. The summed E-state index contributed by atoms with van der Waals surface area (Å²) in [7, 11) is 1.59. The van der Waals surface area contributed by atoms with E-state index in [1.165, 1.54) is 50.3 Å². The van der Waals surface area contributed by atoms with E-state index in [2.05, 4.69) is 15.9 Å². The Morgan fingerprint density at radius 1 is 1.13 bits per heavy atom. The van der Waals surface area contributed by atoms with Crippen LogP contribution >= 0.6 is 39.3 Å². The van der Waals surface area contributed by atoms with E-state index in [4.69, 9.17) is 21.3 Å². The average Bonchev–Trinajstić information content (AvgIpc) is 3.04. The van der Waals surface area contributed by atoms with Gasteiger partial charge in [0.15, 0.2) is 10.9 Å². The number of amidine groups is 1. The molecule has 1 aromatic carbocycles. The monoisotopic (exact) mass is 510 g/mol. The molecule has 0 bridgehead atoms. The van der Waals surface area contributed by atoms with Gasteiger partial charge in [-0.3, -0.25) is 14.7 Å². The second-order valence-electron chi connectivity index (χ2n) is 8.30. The fourth-order valence-electron chi connectivity index (χ4n) is 4.61. The maximum absolute atomic E-state index is 13.4. The first-order valence-electron chi connectivity index (χ1n) is 10.9. The zero-order chi connectivity index (χ0) is 21.1. The van der Waals surface area contributed by atoms with E-state index in [0.29, 0.717) is 16.8 Å². The highest BCUT2D eigenvalue weighted by molar-refractivity contribution is 9.10. The SMILES string of the molecule is COc1c(Cl)cc(C=C2SC(=NC3CCCCC3)N(C3CCCCC3)C2=O)cc1Br. The Bertz CT molecular complexity index is 838. The number of thioether (sulfide) groups is 1. The minimum Gasteiger partial charge on any atom is -0.494 e. The van der Waals surface area contributed by atoms with Gasteiger partial charge < -0.3 is 4.74 Å². The minimum atomic E-state index is 0.0875. The number of nitrogens with zero attached hydrogens (tertiary/aromatic N) is 2. The van der Waals surface area contributed by atoms with Crippen LogP contribution in [0.2, 0.25) is 5.02 Å². The Labute approximate surface area is 196 Å². The summed E-state index contributed by atoms with van der Waals surface area (Å²) < 4.78 is 6.10. The molecule has 2 saturated carbocycles. The Morgan fingerprint density at radius 3 is 2.43 bits per heavy atom. The largest absolute Gasteiger partial charge is 0.494 e. The van der Waals surface area contributed by atoms with Crippen molar-refractivity contribution in [3.63, 3.8) is 0 Å². The third-order valence-electron chi connectivity index (χ3n) is 6.17. The number of hydrogen-bond acceptors (Lipinski definition) is 4. The van der Waals surface area contributed by atoms with Gasteiger partial charge in [-0.25, -0.2) is 0 Å². The second kappa shape index (κ2) is 10.1. The number of benzene rings is 1. The Balaban J connectivity index is 1.65. The second-order valence-corrected chi connectivity index (χ2v) is 10.6. The summed E-state index contributed by atoms with van der Waals surface area (Å²) in [5, 5.41) is 1.43. The molecule has 30 heavy (non-hydrogen) atoms. The summed E-state index contributed by atoms with van der Waals surface area (Å²) in [4.78, 5) is 21.3. The quantitative estimate of drug-likeness (QED) is 0.407. The van der Waals surface area contributed by atoms with E-state index in [-0.39, 0.29) is 11.9 Å². The van der Waals surface area contributed by atoms with Gasteiger partial charge in [0.25, 0.3) is 5.91 Å². The molecule has 2 aliphatic carbocycles. The van der Waals surface area contributed by atoms with Crippen molar-refractivity contribution in [3.8, 4) is 5.75 Å². The lowest BCUT2D eigenvalue weighted by atomic mass is 9.94. The number of rotatable bonds is 4. The summed E-state index contributed by atoms with van der Waals surface area (Å²) in [6, 6.07) is 4.40. The number of carbonyl (C=O) groups is 1. The lowest BCUT2D eigenvalue weighted by Gasteiger charge is -2.31. The molecule has 0 spiro atoms. The van der Waals surface area contributed by atoms with E-state index in [0.717, 1.165) is 45.8 Å². The molecule has 0 N–H and O–H groups in total. The molecule has 7 heteroatoms. The van der Waals surface area contributed by atoms with E-state index in [9.17, 15) is 4.79 Å². The standard InChI is InChI=1S/C23H28BrClN2O2S/c1-29-21-18(24)12-15(13-19(21)25)14-20-22(28)27(17-10-6-3-7-11-17)23(30-20)26-16-8-4-2-5-9-16/h12-14,16-17H,2-11H2,1H3. The number of halogens is 2. The van der Waals surface area contributed by atoms with Crippen molar-refractivity contribution in [1.29, 1.82) is 0 Å². The number of methoxy groups -OCH3 is 1. The highest BCUT2D eigenvalue weighted by Crippen LogP contribution is 2.40. The van der Waals surface area contributed by atoms with Crippen molar-refractivity contribution in [3.05, 3.63) is 32.1 Å². The van der Waals surface area contributed by atoms with Crippen LogP contribution in [0.4, 0.5) is 0 Å². The van der Waals surface area contributed by atoms with Crippen LogP contribution in [-0.2, 0) is 4.79 Å². The van der Waals surface area contributed by atoms with Crippen molar-refractivity contribution in [2.75, 3.05) is 7.11 Å². The van der Waals surface area contributed by atoms with Crippen LogP contribution < -0.4 is 4.74 Å². The molecule has 3 fully saturated rings. The van der Waals surface area contributed by atoms with Crippen LogP contribution in [0.25, 0.3) is 6.08 Å². The zero-order valence-electron chi connectivity index (χ0n) is 17.3. The van der Waals surface area contributed by atoms with Gasteiger partial charge in [-0.05, 0) is 77.1 Å². The minimum absolute atomic E-state index is 0.0875. The van der Waals surface area contributed by atoms with Crippen molar-refractivity contribution in [2.45, 2.75) is 76.3 Å². The van der Waals surface area contributed by atoms with E-state index < -0.39 is 0 Å². The Hall–Kier alpha value is -0.980. The van der Waals surface area contributed by atoms with Gasteiger partial charge in [-0.15, -0.1) is 0 Å². The molecule has 0 aromatic heterocycles. The van der Waals surface area contributed by atoms with Crippen molar-refractivity contribution >= 4 is 56.4 Å². The van der Waals surface area contributed by atoms with E-state index in [1.54, 1.807) is 7.11 Å². The maximum atomic E-state index is 13.4. The predicted octanol–water partition coefficient (Wildman–Crippen LogP) is 7.05. The third-order valence-corrected chi connectivity index (χ3v) is 8.03. The van der Waals surface area contributed by atoms with E-state index >= 15 is 0 Å². The highest BCUT2D eigenvalue weighted by atomic mass is 79.9. The zero-order valence-corrected chi connectivity index (χ0v) is 20.5. The average molecular weight is 512 g/mol. The summed E-state index contributed by atoms with van der Waals surface area (Å²) in [6.07, 6.45) is 13.8. The summed E-state index contributed by atoms with van der Waals surface area (Å²) in [5.41, 5.74) is 0.881. The molecule has 1 amide bonds. The molecule has 0 unspecified atom stereocenters. The molecular weight excluding hydrogens is 484 g/mol. The van der Waals surface area contributed by atoms with Gasteiger partial charge in [0.1, 0.15) is 0 Å². The van der Waals surface area contributed by atoms with Crippen molar-refractivity contribution < 1.29 is 9.53 Å². The topological polar surface area (TPSA) is 41.9 Å². The highest BCUT2D eigenvalue weighted by Gasteiger charge is 2.39. The van der Waals surface area contributed by atoms with Crippen LogP contribution in [0.15, 0.2) is 26.5 Å². The number of ether oxygens (including phenoxy) is 1. The van der Waals surface area contributed by atoms with Crippen molar-refractivity contribution in [1.82, 2.24) is 4.90 Å². The van der Waals surface area contributed by atoms with Crippen LogP contribution in [-0.4, -0.2) is 35.2 Å². The molecule has 0 atom stereocenters.